The Bertz CT molecular complexity index is 678. The molecular weight excluding hydrogens is 330 g/mol. The Morgan fingerprint density at radius 2 is 2.04 bits per heavy atom. The van der Waals surface area contributed by atoms with Crippen LogP contribution in [0.15, 0.2) is 47.7 Å². The molecule has 6 heteroatoms. The average molecular weight is 360 g/mol. The average Bonchev–Trinajstić information content (AvgIpc) is 3.07. The van der Waals surface area contributed by atoms with Gasteiger partial charge < -0.3 is 10.2 Å². The number of rotatable bonds is 7. The smallest absolute Gasteiger partial charge is 0.194 e. The highest BCUT2D eigenvalue weighted by molar-refractivity contribution is 7.99. The van der Waals surface area contributed by atoms with Crippen LogP contribution in [0.3, 0.4) is 0 Å². The molecule has 0 bridgehead atoms. The lowest BCUT2D eigenvalue weighted by Crippen LogP contribution is -2.39. The quantitative estimate of drug-likeness (QED) is 0.608. The second-order valence-electron chi connectivity index (χ2n) is 6.62. The Labute approximate surface area is 155 Å². The first-order valence-electron chi connectivity index (χ1n) is 8.59. The summed E-state index contributed by atoms with van der Waals surface area (Å²) in [6.45, 7) is 8.92. The van der Waals surface area contributed by atoms with Crippen molar-refractivity contribution in [1.82, 2.24) is 20.0 Å². The number of hydrogen-bond donors (Lipinski definition) is 1. The third-order valence-electron chi connectivity index (χ3n) is 3.94. The van der Waals surface area contributed by atoms with Crippen LogP contribution in [-0.2, 0) is 6.54 Å². The van der Waals surface area contributed by atoms with Crippen molar-refractivity contribution >= 4 is 17.7 Å². The molecule has 25 heavy (non-hydrogen) atoms. The fourth-order valence-corrected chi connectivity index (χ4v) is 2.51. The van der Waals surface area contributed by atoms with Crippen molar-refractivity contribution < 1.29 is 0 Å². The molecule has 0 unspecified atom stereocenters. The highest BCUT2D eigenvalue weighted by Gasteiger charge is 2.16. The summed E-state index contributed by atoms with van der Waals surface area (Å²) in [4.78, 5) is 6.95. The van der Waals surface area contributed by atoms with E-state index in [1.165, 1.54) is 0 Å². The van der Waals surface area contributed by atoms with Gasteiger partial charge in [0.1, 0.15) is 0 Å². The highest BCUT2D eigenvalue weighted by Crippen LogP contribution is 2.21. The fourth-order valence-electron chi connectivity index (χ4n) is 2.31. The van der Waals surface area contributed by atoms with Crippen LogP contribution in [0.5, 0.6) is 0 Å². The van der Waals surface area contributed by atoms with Crippen molar-refractivity contribution in [2.45, 2.75) is 32.1 Å². The number of nitrogens with one attached hydrogen (secondary N) is 1. The summed E-state index contributed by atoms with van der Waals surface area (Å²) in [6.07, 6.45) is 6.12. The zero-order valence-electron chi connectivity index (χ0n) is 15.9. The molecule has 0 fully saturated rings. The summed E-state index contributed by atoms with van der Waals surface area (Å²) < 4.78 is 2.05. The summed E-state index contributed by atoms with van der Waals surface area (Å²) in [6, 6.07) is 10.2. The number of nitrogens with zero attached hydrogens (tertiary/aromatic N) is 4. The van der Waals surface area contributed by atoms with E-state index in [1.54, 1.807) is 0 Å². The number of thioether (sulfide) groups is 1. The monoisotopic (exact) mass is 359 g/mol. The van der Waals surface area contributed by atoms with Crippen LogP contribution in [0.1, 0.15) is 26.3 Å². The highest BCUT2D eigenvalue weighted by atomic mass is 32.2. The maximum atomic E-state index is 4.80. The Balaban J connectivity index is 2.07. The molecule has 2 aromatic rings. The van der Waals surface area contributed by atoms with Gasteiger partial charge in [-0.15, -0.1) is 0 Å². The maximum Gasteiger partial charge on any atom is 0.194 e. The predicted molar refractivity (Wildman–Crippen MR) is 109 cm³/mol. The summed E-state index contributed by atoms with van der Waals surface area (Å²) >= 11 is 1.84. The van der Waals surface area contributed by atoms with Gasteiger partial charge in [-0.1, -0.05) is 18.2 Å². The standard InChI is InChI=1S/C19H29N5S/c1-6-20-18(21-15-19(2,3)25-5)23(4)13-16-12-22-24(14-16)17-10-8-7-9-11-17/h7-12,14H,6,13,15H2,1-5H3,(H,20,21). The molecule has 2 rings (SSSR count). The fraction of sp³-hybridized carbons (Fsp3) is 0.474. The van der Waals surface area contributed by atoms with Crippen LogP contribution < -0.4 is 5.32 Å². The molecule has 1 aromatic heterocycles. The number of aliphatic imine (C=N–C) groups is 1. The zero-order chi connectivity index (χ0) is 18.3. The largest absolute Gasteiger partial charge is 0.357 e. The summed E-state index contributed by atoms with van der Waals surface area (Å²) in [5.41, 5.74) is 2.22. The van der Waals surface area contributed by atoms with E-state index in [4.69, 9.17) is 4.99 Å². The molecule has 136 valence electrons. The van der Waals surface area contributed by atoms with Crippen LogP contribution in [0.4, 0.5) is 0 Å². The van der Waals surface area contributed by atoms with Crippen molar-refractivity contribution in [2.75, 3.05) is 26.4 Å². The topological polar surface area (TPSA) is 45.5 Å². The first-order valence-corrected chi connectivity index (χ1v) is 9.81. The van der Waals surface area contributed by atoms with E-state index in [0.29, 0.717) is 0 Å². The van der Waals surface area contributed by atoms with Gasteiger partial charge in [0, 0.05) is 36.6 Å². The minimum Gasteiger partial charge on any atom is -0.357 e. The molecule has 0 atom stereocenters. The first-order chi connectivity index (χ1) is 11.9. The zero-order valence-corrected chi connectivity index (χ0v) is 16.7. The van der Waals surface area contributed by atoms with E-state index >= 15 is 0 Å². The van der Waals surface area contributed by atoms with Crippen LogP contribution in [-0.4, -0.2) is 51.8 Å². The summed E-state index contributed by atoms with van der Waals surface area (Å²) in [5.74, 6) is 0.928. The van der Waals surface area contributed by atoms with E-state index in [2.05, 4.69) is 67.7 Å². The Kier molecular flexibility index (Phi) is 6.93. The molecule has 0 spiro atoms. The Morgan fingerprint density at radius 3 is 2.68 bits per heavy atom. The second-order valence-corrected chi connectivity index (χ2v) is 8.13. The van der Waals surface area contributed by atoms with Gasteiger partial charge in [0.15, 0.2) is 5.96 Å². The van der Waals surface area contributed by atoms with Crippen LogP contribution >= 0.6 is 11.8 Å². The number of benzene rings is 1. The van der Waals surface area contributed by atoms with E-state index in [0.717, 1.165) is 36.8 Å². The molecule has 0 aliphatic rings. The van der Waals surface area contributed by atoms with Gasteiger partial charge in [0.2, 0.25) is 0 Å². The number of para-hydroxylation sites is 1. The van der Waals surface area contributed by atoms with Crippen LogP contribution in [0.25, 0.3) is 5.69 Å². The van der Waals surface area contributed by atoms with Gasteiger partial charge in [0.25, 0.3) is 0 Å². The van der Waals surface area contributed by atoms with Crippen molar-refractivity contribution in [1.29, 1.82) is 0 Å². The minimum atomic E-state index is 0.139. The van der Waals surface area contributed by atoms with Crippen molar-refractivity contribution in [3.05, 3.63) is 48.3 Å². The Morgan fingerprint density at radius 1 is 1.32 bits per heavy atom. The molecule has 0 radical (unpaired) electrons. The summed E-state index contributed by atoms with van der Waals surface area (Å²) in [5, 5.41) is 7.85. The molecule has 0 saturated heterocycles. The molecule has 1 heterocycles. The molecule has 0 aliphatic heterocycles. The van der Waals surface area contributed by atoms with Crippen molar-refractivity contribution in [3.63, 3.8) is 0 Å². The number of guanidine groups is 1. The van der Waals surface area contributed by atoms with E-state index in [-0.39, 0.29) is 4.75 Å². The number of aromatic nitrogens is 2. The lowest BCUT2D eigenvalue weighted by atomic mass is 10.2. The van der Waals surface area contributed by atoms with Crippen molar-refractivity contribution in [2.24, 2.45) is 4.99 Å². The third-order valence-corrected chi connectivity index (χ3v) is 5.17. The maximum absolute atomic E-state index is 4.80. The number of hydrogen-bond acceptors (Lipinski definition) is 3. The minimum absolute atomic E-state index is 0.139. The molecule has 0 aliphatic carbocycles. The van der Waals surface area contributed by atoms with Crippen LogP contribution in [0.2, 0.25) is 0 Å². The first kappa shape index (κ1) is 19.4. The molecule has 5 nitrogen and oxygen atoms in total. The van der Waals surface area contributed by atoms with Gasteiger partial charge in [-0.2, -0.15) is 16.9 Å². The summed E-state index contributed by atoms with van der Waals surface area (Å²) in [7, 11) is 2.06. The van der Waals surface area contributed by atoms with Gasteiger partial charge in [-0.3, -0.25) is 4.99 Å². The van der Waals surface area contributed by atoms with Gasteiger partial charge in [-0.05, 0) is 39.2 Å². The lowest BCUT2D eigenvalue weighted by Gasteiger charge is -2.24. The van der Waals surface area contributed by atoms with Gasteiger partial charge >= 0.3 is 0 Å². The predicted octanol–water partition coefficient (Wildman–Crippen LogP) is 3.41. The SMILES string of the molecule is CCNC(=NCC(C)(C)SC)N(C)Cc1cnn(-c2ccccc2)c1. The Hall–Kier alpha value is -1.95. The van der Waals surface area contributed by atoms with Gasteiger partial charge in [0.05, 0.1) is 18.4 Å². The third kappa shape index (κ3) is 5.81. The van der Waals surface area contributed by atoms with E-state index in [1.807, 2.05) is 40.8 Å². The molecule has 0 amide bonds. The van der Waals surface area contributed by atoms with Gasteiger partial charge in [-0.25, -0.2) is 4.68 Å². The van der Waals surface area contributed by atoms with E-state index < -0.39 is 0 Å². The van der Waals surface area contributed by atoms with Crippen molar-refractivity contribution in [3.8, 4) is 5.69 Å². The molecule has 0 saturated carbocycles. The second kappa shape index (κ2) is 8.94. The molecule has 1 aromatic carbocycles. The lowest BCUT2D eigenvalue weighted by molar-refractivity contribution is 0.475. The van der Waals surface area contributed by atoms with E-state index in [9.17, 15) is 0 Å². The molecular formula is C19H29N5S. The van der Waals surface area contributed by atoms with Crippen LogP contribution in [0, 0.1) is 0 Å². The normalized spacial score (nSPS) is 12.3. The molecule has 1 N–H and O–H groups in total.